The summed E-state index contributed by atoms with van der Waals surface area (Å²) >= 11 is 6.05. The molecule has 0 amide bonds. The monoisotopic (exact) mass is 250 g/mol. The quantitative estimate of drug-likeness (QED) is 0.817. The topological polar surface area (TPSA) is 51.2 Å². The highest BCUT2D eigenvalue weighted by atomic mass is 35.5. The van der Waals surface area contributed by atoms with Crippen LogP contribution in [0.25, 0.3) is 0 Å². The van der Waals surface area contributed by atoms with Gasteiger partial charge in [0.1, 0.15) is 11.5 Å². The first-order chi connectivity index (χ1) is 8.16. The van der Waals surface area contributed by atoms with E-state index in [4.69, 9.17) is 21.8 Å². The number of benzene rings is 1. The number of para-hydroxylation sites is 1. The van der Waals surface area contributed by atoms with Crippen molar-refractivity contribution in [3.8, 4) is 0 Å². The summed E-state index contributed by atoms with van der Waals surface area (Å²) in [4.78, 5) is 0. The fourth-order valence-corrected chi connectivity index (χ4v) is 1.91. The minimum Gasteiger partial charge on any atom is -0.466 e. The third-order valence-corrected chi connectivity index (χ3v) is 2.83. The Balaban J connectivity index is 1.94. The van der Waals surface area contributed by atoms with Gasteiger partial charge in [-0.3, -0.25) is 0 Å². The Hall–Kier alpha value is -1.61. The molecule has 90 valence electrons. The van der Waals surface area contributed by atoms with E-state index < -0.39 is 0 Å². The van der Waals surface area contributed by atoms with E-state index in [1.165, 1.54) is 0 Å². The van der Waals surface area contributed by atoms with Crippen LogP contribution in [-0.4, -0.2) is 6.54 Å². The van der Waals surface area contributed by atoms with Crippen LogP contribution in [0, 0.1) is 6.92 Å². The summed E-state index contributed by atoms with van der Waals surface area (Å²) in [7, 11) is 0. The van der Waals surface area contributed by atoms with Crippen molar-refractivity contribution in [1.82, 2.24) is 0 Å². The molecule has 0 aliphatic heterocycles. The molecular weight excluding hydrogens is 236 g/mol. The maximum absolute atomic E-state index is 6.05. The molecule has 0 atom stereocenters. The molecule has 0 aliphatic rings. The fraction of sp³-hybridized carbons (Fsp3) is 0.231. The lowest BCUT2D eigenvalue weighted by Crippen LogP contribution is -2.06. The van der Waals surface area contributed by atoms with Gasteiger partial charge < -0.3 is 15.5 Å². The summed E-state index contributed by atoms with van der Waals surface area (Å²) < 4.78 is 5.48. The molecule has 1 aromatic heterocycles. The van der Waals surface area contributed by atoms with Gasteiger partial charge in [-0.15, -0.1) is 0 Å². The Bertz CT molecular complexity index is 488. The van der Waals surface area contributed by atoms with Crippen molar-refractivity contribution in [3.05, 3.63) is 46.9 Å². The van der Waals surface area contributed by atoms with E-state index in [1.807, 2.05) is 37.3 Å². The summed E-state index contributed by atoms with van der Waals surface area (Å²) in [5, 5.41) is 3.86. The molecule has 0 bridgehead atoms. The molecular formula is C13H15ClN2O. The van der Waals surface area contributed by atoms with Crippen molar-refractivity contribution < 1.29 is 4.42 Å². The molecule has 1 aromatic carbocycles. The standard InChI is InChI=1S/C13H15ClN2O/c1-9-5-6-10(17-9)7-8-16-13-11(14)3-2-4-12(13)15/h2-6,16H,7-8,15H2,1H3. The second-order valence-electron chi connectivity index (χ2n) is 3.89. The number of aryl methyl sites for hydroxylation is 1. The second-order valence-corrected chi connectivity index (χ2v) is 4.30. The molecule has 0 spiro atoms. The van der Waals surface area contributed by atoms with Gasteiger partial charge >= 0.3 is 0 Å². The number of nitrogen functional groups attached to an aromatic ring is 1. The minimum atomic E-state index is 0.639. The van der Waals surface area contributed by atoms with Crippen molar-refractivity contribution in [2.45, 2.75) is 13.3 Å². The van der Waals surface area contributed by atoms with Crippen molar-refractivity contribution in [1.29, 1.82) is 0 Å². The number of furan rings is 1. The Labute approximate surface area is 106 Å². The highest BCUT2D eigenvalue weighted by molar-refractivity contribution is 6.33. The molecule has 3 N–H and O–H groups in total. The normalized spacial score (nSPS) is 10.5. The Morgan fingerprint density at radius 1 is 1.29 bits per heavy atom. The average molecular weight is 251 g/mol. The van der Waals surface area contributed by atoms with Gasteiger partial charge in [0, 0.05) is 13.0 Å². The van der Waals surface area contributed by atoms with Crippen molar-refractivity contribution in [3.63, 3.8) is 0 Å². The lowest BCUT2D eigenvalue weighted by Gasteiger charge is -2.10. The van der Waals surface area contributed by atoms with Gasteiger partial charge in [-0.2, -0.15) is 0 Å². The second kappa shape index (κ2) is 5.15. The van der Waals surface area contributed by atoms with Gasteiger partial charge in [0.2, 0.25) is 0 Å². The molecule has 0 radical (unpaired) electrons. The van der Waals surface area contributed by atoms with Crippen molar-refractivity contribution in [2.75, 3.05) is 17.6 Å². The molecule has 4 heteroatoms. The first kappa shape index (κ1) is 11.9. The highest BCUT2D eigenvalue weighted by Crippen LogP contribution is 2.27. The maximum atomic E-state index is 6.05. The lowest BCUT2D eigenvalue weighted by atomic mass is 10.2. The van der Waals surface area contributed by atoms with E-state index in [0.29, 0.717) is 10.7 Å². The number of hydrogen-bond acceptors (Lipinski definition) is 3. The van der Waals surface area contributed by atoms with Crippen molar-refractivity contribution >= 4 is 23.0 Å². The number of halogens is 1. The van der Waals surface area contributed by atoms with E-state index >= 15 is 0 Å². The van der Waals surface area contributed by atoms with Gasteiger partial charge in [-0.25, -0.2) is 0 Å². The first-order valence-electron chi connectivity index (χ1n) is 5.50. The van der Waals surface area contributed by atoms with Crippen LogP contribution in [0.15, 0.2) is 34.7 Å². The molecule has 0 aliphatic carbocycles. The van der Waals surface area contributed by atoms with Crippen LogP contribution in [0.4, 0.5) is 11.4 Å². The smallest absolute Gasteiger partial charge is 0.105 e. The SMILES string of the molecule is Cc1ccc(CCNc2c(N)cccc2Cl)o1. The Morgan fingerprint density at radius 2 is 2.12 bits per heavy atom. The first-order valence-corrected chi connectivity index (χ1v) is 5.88. The number of nitrogens with one attached hydrogen (secondary N) is 1. The summed E-state index contributed by atoms with van der Waals surface area (Å²) in [5.41, 5.74) is 7.28. The summed E-state index contributed by atoms with van der Waals surface area (Å²) in [6, 6.07) is 9.41. The van der Waals surface area contributed by atoms with Crippen LogP contribution in [0.5, 0.6) is 0 Å². The molecule has 17 heavy (non-hydrogen) atoms. The third kappa shape index (κ3) is 2.94. The minimum absolute atomic E-state index is 0.639. The molecule has 2 rings (SSSR count). The maximum Gasteiger partial charge on any atom is 0.105 e. The molecule has 0 saturated heterocycles. The van der Waals surface area contributed by atoms with Crippen LogP contribution in [0.2, 0.25) is 5.02 Å². The van der Waals surface area contributed by atoms with Crippen molar-refractivity contribution in [2.24, 2.45) is 0 Å². The van der Waals surface area contributed by atoms with Crippen LogP contribution in [0.3, 0.4) is 0 Å². The van der Waals surface area contributed by atoms with Gasteiger partial charge in [-0.1, -0.05) is 17.7 Å². The zero-order chi connectivity index (χ0) is 12.3. The van der Waals surface area contributed by atoms with Gasteiger partial charge in [-0.05, 0) is 31.2 Å². The summed E-state index contributed by atoms with van der Waals surface area (Å²) in [6.07, 6.45) is 0.804. The zero-order valence-corrected chi connectivity index (χ0v) is 10.4. The zero-order valence-electron chi connectivity index (χ0n) is 9.66. The summed E-state index contributed by atoms with van der Waals surface area (Å²) in [5.74, 6) is 1.89. The summed E-state index contributed by atoms with van der Waals surface area (Å²) in [6.45, 7) is 2.67. The van der Waals surface area contributed by atoms with Gasteiger partial charge in [0.25, 0.3) is 0 Å². The molecule has 2 aromatic rings. The fourth-order valence-electron chi connectivity index (χ4n) is 1.66. The van der Waals surface area contributed by atoms with Crippen LogP contribution in [-0.2, 0) is 6.42 Å². The number of hydrogen-bond donors (Lipinski definition) is 2. The Kier molecular flexibility index (Phi) is 3.59. The highest BCUT2D eigenvalue weighted by Gasteiger charge is 2.04. The van der Waals surface area contributed by atoms with E-state index in [0.717, 1.165) is 30.2 Å². The van der Waals surface area contributed by atoms with Crippen LogP contribution < -0.4 is 11.1 Å². The van der Waals surface area contributed by atoms with E-state index in [-0.39, 0.29) is 0 Å². The van der Waals surface area contributed by atoms with E-state index in [1.54, 1.807) is 0 Å². The number of anilines is 2. The van der Waals surface area contributed by atoms with Crippen LogP contribution >= 0.6 is 11.6 Å². The van der Waals surface area contributed by atoms with Gasteiger partial charge in [0.05, 0.1) is 16.4 Å². The number of rotatable bonds is 4. The molecule has 0 fully saturated rings. The molecule has 0 unspecified atom stereocenters. The predicted molar refractivity (Wildman–Crippen MR) is 71.5 cm³/mol. The Morgan fingerprint density at radius 3 is 2.76 bits per heavy atom. The average Bonchev–Trinajstić information content (AvgIpc) is 2.69. The largest absolute Gasteiger partial charge is 0.466 e. The lowest BCUT2D eigenvalue weighted by molar-refractivity contribution is 0.486. The molecule has 0 saturated carbocycles. The van der Waals surface area contributed by atoms with E-state index in [2.05, 4.69) is 5.32 Å². The van der Waals surface area contributed by atoms with Gasteiger partial charge in [0.15, 0.2) is 0 Å². The predicted octanol–water partition coefficient (Wildman–Crippen LogP) is 3.48. The number of nitrogens with two attached hydrogens (primary N) is 1. The molecule has 3 nitrogen and oxygen atoms in total. The third-order valence-electron chi connectivity index (χ3n) is 2.52. The van der Waals surface area contributed by atoms with E-state index in [9.17, 15) is 0 Å². The van der Waals surface area contributed by atoms with Crippen LogP contribution in [0.1, 0.15) is 11.5 Å². The molecule has 1 heterocycles.